The first-order valence-corrected chi connectivity index (χ1v) is 6.93. The van der Waals surface area contributed by atoms with Gasteiger partial charge in [-0.25, -0.2) is 13.4 Å². The predicted octanol–water partition coefficient (Wildman–Crippen LogP) is -0.0251. The largest absolute Gasteiger partial charge is 0.349 e. The normalized spacial score (nSPS) is 14.0. The molecule has 0 spiro atoms. The summed E-state index contributed by atoms with van der Waals surface area (Å²) in [6.07, 6.45) is 5.50. The van der Waals surface area contributed by atoms with E-state index in [9.17, 15) is 8.42 Å². The summed E-state index contributed by atoms with van der Waals surface area (Å²) in [6.45, 7) is 2.59. The maximum atomic E-state index is 11.0. The van der Waals surface area contributed by atoms with Gasteiger partial charge in [-0.15, -0.1) is 0 Å². The van der Waals surface area contributed by atoms with Crippen LogP contribution in [0.25, 0.3) is 0 Å². The van der Waals surface area contributed by atoms with Gasteiger partial charge in [-0.05, 0) is 6.92 Å². The zero-order valence-electron chi connectivity index (χ0n) is 9.03. The van der Waals surface area contributed by atoms with Crippen molar-refractivity contribution < 1.29 is 8.42 Å². The van der Waals surface area contributed by atoms with E-state index in [0.29, 0.717) is 0 Å². The average Bonchev–Trinajstić information content (AvgIpc) is 2.53. The number of nitrogens with one attached hydrogen (secondary N) is 2. The molecule has 0 aliphatic carbocycles. The van der Waals surface area contributed by atoms with Crippen molar-refractivity contribution in [2.75, 3.05) is 18.6 Å². The van der Waals surface area contributed by atoms with Gasteiger partial charge in [-0.2, -0.15) is 0 Å². The topological polar surface area (TPSA) is 74.8 Å². The number of aromatic nitrogens is 2. The maximum absolute atomic E-state index is 11.0. The first-order valence-electron chi connectivity index (χ1n) is 4.87. The van der Waals surface area contributed by atoms with Crippen LogP contribution in [0.4, 0.5) is 0 Å². The van der Waals surface area contributed by atoms with Crippen molar-refractivity contribution in [2.24, 2.45) is 0 Å². The summed E-state index contributed by atoms with van der Waals surface area (Å²) in [5.74, 6) is 1.08. The molecule has 0 bridgehead atoms. The molecular weight excluding hydrogens is 214 g/mol. The van der Waals surface area contributed by atoms with Gasteiger partial charge in [0.2, 0.25) is 0 Å². The Morgan fingerprint density at radius 2 is 2.33 bits per heavy atom. The van der Waals surface area contributed by atoms with Crippen molar-refractivity contribution in [1.82, 2.24) is 15.3 Å². The van der Waals surface area contributed by atoms with Crippen LogP contribution in [-0.4, -0.2) is 43.0 Å². The third-order valence-corrected chi connectivity index (χ3v) is 3.07. The van der Waals surface area contributed by atoms with Gasteiger partial charge in [0, 0.05) is 37.7 Å². The molecule has 0 aliphatic heterocycles. The Kier molecular flexibility index (Phi) is 4.28. The van der Waals surface area contributed by atoms with Crippen molar-refractivity contribution in [3.05, 3.63) is 18.2 Å². The molecule has 1 aromatic rings. The number of sulfone groups is 1. The second kappa shape index (κ2) is 5.27. The minimum atomic E-state index is -2.89. The highest BCUT2D eigenvalue weighted by Gasteiger charge is 2.09. The molecule has 0 radical (unpaired) electrons. The lowest BCUT2D eigenvalue weighted by Gasteiger charge is -2.11. The monoisotopic (exact) mass is 231 g/mol. The molecule has 0 fully saturated rings. The van der Waals surface area contributed by atoms with Crippen molar-refractivity contribution in [1.29, 1.82) is 0 Å². The molecule has 86 valence electrons. The third-order valence-electron chi connectivity index (χ3n) is 1.96. The van der Waals surface area contributed by atoms with Gasteiger partial charge in [0.1, 0.15) is 15.7 Å². The van der Waals surface area contributed by atoms with Crippen LogP contribution in [0.1, 0.15) is 12.7 Å². The van der Waals surface area contributed by atoms with Crippen LogP contribution >= 0.6 is 0 Å². The summed E-state index contributed by atoms with van der Waals surface area (Å²) >= 11 is 0. The van der Waals surface area contributed by atoms with Gasteiger partial charge in [-0.1, -0.05) is 0 Å². The van der Waals surface area contributed by atoms with E-state index in [1.54, 1.807) is 12.4 Å². The van der Waals surface area contributed by atoms with Gasteiger partial charge in [0.15, 0.2) is 0 Å². The Labute approximate surface area is 90.2 Å². The SMILES string of the molecule is CC(CS(C)(=O)=O)NCCc1ncc[nH]1. The van der Waals surface area contributed by atoms with Gasteiger partial charge in [0.25, 0.3) is 0 Å². The van der Waals surface area contributed by atoms with Crippen LogP contribution in [0.3, 0.4) is 0 Å². The van der Waals surface area contributed by atoms with E-state index in [0.717, 1.165) is 18.8 Å². The Morgan fingerprint density at radius 1 is 1.60 bits per heavy atom. The zero-order valence-corrected chi connectivity index (χ0v) is 9.84. The molecule has 1 unspecified atom stereocenters. The smallest absolute Gasteiger partial charge is 0.148 e. The second-order valence-corrected chi connectivity index (χ2v) is 5.92. The molecule has 0 saturated carbocycles. The van der Waals surface area contributed by atoms with Crippen molar-refractivity contribution in [3.63, 3.8) is 0 Å². The number of rotatable bonds is 6. The number of nitrogens with zero attached hydrogens (tertiary/aromatic N) is 1. The van der Waals surface area contributed by atoms with Crippen LogP contribution < -0.4 is 5.32 Å². The molecule has 2 N–H and O–H groups in total. The molecule has 1 rings (SSSR count). The van der Waals surface area contributed by atoms with Gasteiger partial charge < -0.3 is 10.3 Å². The standard InChI is InChI=1S/C9H17N3O2S/c1-8(7-15(2,13)14)10-4-3-9-11-5-6-12-9/h5-6,8,10H,3-4,7H2,1-2H3,(H,11,12). The highest BCUT2D eigenvalue weighted by molar-refractivity contribution is 7.90. The van der Waals surface area contributed by atoms with Crippen LogP contribution in [0, 0.1) is 0 Å². The Hall–Kier alpha value is -0.880. The number of hydrogen-bond acceptors (Lipinski definition) is 4. The number of hydrogen-bond donors (Lipinski definition) is 2. The zero-order chi connectivity index (χ0) is 11.3. The molecule has 6 heteroatoms. The molecule has 5 nitrogen and oxygen atoms in total. The van der Waals surface area contributed by atoms with E-state index in [2.05, 4.69) is 15.3 Å². The Morgan fingerprint density at radius 3 is 2.87 bits per heavy atom. The lowest BCUT2D eigenvalue weighted by Crippen LogP contribution is -2.34. The highest BCUT2D eigenvalue weighted by atomic mass is 32.2. The van der Waals surface area contributed by atoms with Gasteiger partial charge >= 0.3 is 0 Å². The fraction of sp³-hybridized carbons (Fsp3) is 0.667. The maximum Gasteiger partial charge on any atom is 0.148 e. The average molecular weight is 231 g/mol. The highest BCUT2D eigenvalue weighted by Crippen LogP contribution is 1.92. The summed E-state index contributed by atoms with van der Waals surface area (Å²) in [4.78, 5) is 7.06. The molecule has 15 heavy (non-hydrogen) atoms. The molecular formula is C9H17N3O2S. The lowest BCUT2D eigenvalue weighted by molar-refractivity contribution is 0.559. The summed E-state index contributed by atoms with van der Waals surface area (Å²) in [7, 11) is -2.89. The summed E-state index contributed by atoms with van der Waals surface area (Å²) in [5.41, 5.74) is 0. The molecule has 0 amide bonds. The van der Waals surface area contributed by atoms with Crippen molar-refractivity contribution in [3.8, 4) is 0 Å². The molecule has 0 aliphatic rings. The van der Waals surface area contributed by atoms with Gasteiger partial charge in [0.05, 0.1) is 5.75 Å². The first kappa shape index (κ1) is 12.2. The van der Waals surface area contributed by atoms with Crippen LogP contribution in [0.5, 0.6) is 0 Å². The van der Waals surface area contributed by atoms with E-state index in [4.69, 9.17) is 0 Å². The lowest BCUT2D eigenvalue weighted by atomic mass is 10.3. The predicted molar refractivity (Wildman–Crippen MR) is 59.5 cm³/mol. The third kappa shape index (κ3) is 5.54. The van der Waals surface area contributed by atoms with Gasteiger partial charge in [-0.3, -0.25) is 0 Å². The Bertz CT molecular complexity index is 372. The minimum absolute atomic E-state index is 0.0186. The fourth-order valence-electron chi connectivity index (χ4n) is 1.38. The van der Waals surface area contributed by atoms with Crippen LogP contribution in [-0.2, 0) is 16.3 Å². The molecule has 1 heterocycles. The quantitative estimate of drug-likeness (QED) is 0.721. The number of imidazole rings is 1. The molecule has 0 saturated heterocycles. The second-order valence-electron chi connectivity index (χ2n) is 3.73. The molecule has 1 aromatic heterocycles. The summed E-state index contributed by atoms with van der Waals surface area (Å²) in [6, 6.07) is -0.0186. The molecule has 0 aromatic carbocycles. The number of aromatic amines is 1. The van der Waals surface area contributed by atoms with Crippen LogP contribution in [0.15, 0.2) is 12.4 Å². The van der Waals surface area contributed by atoms with E-state index >= 15 is 0 Å². The van der Waals surface area contributed by atoms with E-state index in [1.807, 2.05) is 6.92 Å². The minimum Gasteiger partial charge on any atom is -0.349 e. The van der Waals surface area contributed by atoms with E-state index in [-0.39, 0.29) is 11.8 Å². The first-order chi connectivity index (χ1) is 6.97. The summed E-state index contributed by atoms with van der Waals surface area (Å²) in [5, 5.41) is 3.14. The fourth-order valence-corrected chi connectivity index (χ4v) is 2.41. The van der Waals surface area contributed by atoms with E-state index in [1.165, 1.54) is 6.26 Å². The Balaban J connectivity index is 2.20. The van der Waals surface area contributed by atoms with Crippen molar-refractivity contribution in [2.45, 2.75) is 19.4 Å². The number of H-pyrrole nitrogens is 1. The van der Waals surface area contributed by atoms with Crippen molar-refractivity contribution >= 4 is 9.84 Å². The van der Waals surface area contributed by atoms with E-state index < -0.39 is 9.84 Å². The summed E-state index contributed by atoms with van der Waals surface area (Å²) < 4.78 is 21.9. The molecule has 1 atom stereocenters. The van der Waals surface area contributed by atoms with Crippen LogP contribution in [0.2, 0.25) is 0 Å².